The van der Waals surface area contributed by atoms with E-state index < -0.39 is 0 Å². The molecule has 3 heteroatoms. The first-order chi connectivity index (χ1) is 5.33. The van der Waals surface area contributed by atoms with Gasteiger partial charge in [0.25, 0.3) is 0 Å². The van der Waals surface area contributed by atoms with E-state index in [1.165, 1.54) is 0 Å². The molecule has 60 valence electrons. The van der Waals surface area contributed by atoms with Gasteiger partial charge in [-0.15, -0.1) is 0 Å². The lowest BCUT2D eigenvalue weighted by atomic mass is 10.3. The zero-order chi connectivity index (χ0) is 8.10. The number of nitrogens with one attached hydrogen (secondary N) is 1. The third-order valence-electron chi connectivity index (χ3n) is 1.28. The Morgan fingerprint density at radius 2 is 2.64 bits per heavy atom. The zero-order valence-corrected chi connectivity index (χ0v) is 7.88. The topological polar surface area (TPSA) is 12.0 Å². The van der Waals surface area contributed by atoms with Gasteiger partial charge in [-0.25, -0.2) is 0 Å². The van der Waals surface area contributed by atoms with Crippen LogP contribution in [0.1, 0.15) is 6.92 Å². The van der Waals surface area contributed by atoms with Crippen LogP contribution >= 0.6 is 22.9 Å². The summed E-state index contributed by atoms with van der Waals surface area (Å²) in [5.41, 5.74) is 3.89. The maximum absolute atomic E-state index is 5.49. The predicted molar refractivity (Wildman–Crippen MR) is 52.4 cm³/mol. The van der Waals surface area contributed by atoms with Crippen LogP contribution in [0.4, 0.5) is 5.69 Å². The van der Waals surface area contributed by atoms with Gasteiger partial charge in [-0.1, -0.05) is 11.6 Å². The maximum Gasteiger partial charge on any atom is 0.0451 e. The minimum Gasteiger partial charge on any atom is -0.381 e. The largest absolute Gasteiger partial charge is 0.381 e. The van der Waals surface area contributed by atoms with Crippen LogP contribution in [-0.2, 0) is 0 Å². The van der Waals surface area contributed by atoms with Gasteiger partial charge < -0.3 is 5.32 Å². The Balaban J connectivity index is 2.35. The highest BCUT2D eigenvalue weighted by atomic mass is 35.5. The van der Waals surface area contributed by atoms with Crippen LogP contribution in [0.15, 0.2) is 27.9 Å². The fourth-order valence-corrected chi connectivity index (χ4v) is 1.33. The molecular weight excluding hydrogens is 178 g/mol. The molecule has 0 saturated heterocycles. The van der Waals surface area contributed by atoms with Crippen molar-refractivity contribution in [3.8, 4) is 0 Å². The number of rotatable bonds is 3. The summed E-state index contributed by atoms with van der Waals surface area (Å²) in [6.45, 7) is 2.81. The van der Waals surface area contributed by atoms with Crippen LogP contribution in [0.25, 0.3) is 0 Å². The van der Waals surface area contributed by atoms with Gasteiger partial charge in [-0.05, 0) is 23.9 Å². The molecule has 1 nitrogen and oxygen atoms in total. The lowest BCUT2D eigenvalue weighted by Gasteiger charge is -2.01. The highest BCUT2D eigenvalue weighted by Gasteiger charge is 1.90. The van der Waals surface area contributed by atoms with E-state index >= 15 is 0 Å². The maximum atomic E-state index is 5.49. The quantitative estimate of drug-likeness (QED) is 0.766. The van der Waals surface area contributed by atoms with Crippen LogP contribution in [0.2, 0.25) is 0 Å². The first-order valence-electron chi connectivity index (χ1n) is 3.35. The second kappa shape index (κ2) is 4.42. The molecule has 0 bridgehead atoms. The molecule has 11 heavy (non-hydrogen) atoms. The van der Waals surface area contributed by atoms with E-state index in [2.05, 4.69) is 10.7 Å². The smallest absolute Gasteiger partial charge is 0.0451 e. The summed E-state index contributed by atoms with van der Waals surface area (Å²) in [6, 6.07) is 2.05. The fraction of sp³-hybridized carbons (Fsp3) is 0.250. The third kappa shape index (κ3) is 2.95. The number of halogens is 1. The molecule has 0 atom stereocenters. The molecule has 0 amide bonds. The first kappa shape index (κ1) is 8.62. The molecular formula is C8H10ClNS. The van der Waals surface area contributed by atoms with Crippen LogP contribution < -0.4 is 5.32 Å². The van der Waals surface area contributed by atoms with Gasteiger partial charge in [0.05, 0.1) is 0 Å². The van der Waals surface area contributed by atoms with Crippen molar-refractivity contribution in [3.63, 3.8) is 0 Å². The van der Waals surface area contributed by atoms with E-state index in [4.69, 9.17) is 11.6 Å². The van der Waals surface area contributed by atoms with Crippen molar-refractivity contribution in [3.05, 3.63) is 27.9 Å². The lowest BCUT2D eigenvalue weighted by Crippen LogP contribution is -2.00. The number of hydrogen-bond donors (Lipinski definition) is 1. The minimum atomic E-state index is 0.820. The van der Waals surface area contributed by atoms with Gasteiger partial charge in [0.15, 0.2) is 0 Å². The molecule has 1 N–H and O–H groups in total. The van der Waals surface area contributed by atoms with E-state index in [1.54, 1.807) is 16.9 Å². The minimum absolute atomic E-state index is 0.820. The van der Waals surface area contributed by atoms with Crippen molar-refractivity contribution in [1.82, 2.24) is 0 Å². The summed E-state index contributed by atoms with van der Waals surface area (Å²) >= 11 is 7.18. The average Bonchev–Trinajstić information content (AvgIpc) is 2.52. The second-order valence-electron chi connectivity index (χ2n) is 2.32. The Kier molecular flexibility index (Phi) is 3.46. The SMILES string of the molecule is C/C(=C/Cl)CNc1ccsc1. The molecule has 0 saturated carbocycles. The van der Waals surface area contributed by atoms with E-state index in [0.29, 0.717) is 0 Å². The van der Waals surface area contributed by atoms with Crippen LogP contribution in [-0.4, -0.2) is 6.54 Å². The Hall–Kier alpha value is -0.470. The van der Waals surface area contributed by atoms with Gasteiger partial charge in [-0.2, -0.15) is 11.3 Å². The molecule has 0 aliphatic rings. The van der Waals surface area contributed by atoms with Gasteiger partial charge in [-0.3, -0.25) is 0 Å². The third-order valence-corrected chi connectivity index (χ3v) is 2.33. The fourth-order valence-electron chi connectivity index (χ4n) is 0.645. The molecule has 1 rings (SSSR count). The van der Waals surface area contributed by atoms with E-state index in [9.17, 15) is 0 Å². The molecule has 1 heterocycles. The summed E-state index contributed by atoms with van der Waals surface area (Å²) in [7, 11) is 0. The molecule has 0 radical (unpaired) electrons. The van der Waals surface area contributed by atoms with Crippen LogP contribution in [0, 0.1) is 0 Å². The van der Waals surface area contributed by atoms with Crippen molar-refractivity contribution in [2.24, 2.45) is 0 Å². The predicted octanol–water partition coefficient (Wildman–Crippen LogP) is 3.30. The monoisotopic (exact) mass is 187 g/mol. The molecule has 0 unspecified atom stereocenters. The standard InChI is InChI=1S/C8H10ClNS/c1-7(4-9)5-10-8-2-3-11-6-8/h2-4,6,10H,5H2,1H3/b7-4-. The molecule has 0 spiro atoms. The normalized spacial score (nSPS) is 11.6. The number of anilines is 1. The molecule has 1 aromatic heterocycles. The summed E-state index contributed by atoms with van der Waals surface area (Å²) in [4.78, 5) is 0. The summed E-state index contributed by atoms with van der Waals surface area (Å²) in [5, 5.41) is 7.35. The van der Waals surface area contributed by atoms with Crippen molar-refractivity contribution in [2.75, 3.05) is 11.9 Å². The highest BCUT2D eigenvalue weighted by molar-refractivity contribution is 7.08. The first-order valence-corrected chi connectivity index (χ1v) is 4.73. The van der Waals surface area contributed by atoms with Gasteiger partial charge >= 0.3 is 0 Å². The number of thiophene rings is 1. The molecule has 0 aliphatic heterocycles. The van der Waals surface area contributed by atoms with Gasteiger partial charge in [0, 0.05) is 23.1 Å². The number of hydrogen-bond acceptors (Lipinski definition) is 2. The Bertz CT molecular complexity index is 228. The van der Waals surface area contributed by atoms with E-state index in [-0.39, 0.29) is 0 Å². The summed E-state index contributed by atoms with van der Waals surface area (Å²) in [6.07, 6.45) is 0. The van der Waals surface area contributed by atoms with Gasteiger partial charge in [0.2, 0.25) is 0 Å². The Morgan fingerprint density at radius 3 is 3.18 bits per heavy atom. The molecule has 0 aromatic carbocycles. The van der Waals surface area contributed by atoms with Crippen LogP contribution in [0.3, 0.4) is 0 Å². The van der Waals surface area contributed by atoms with E-state index in [1.807, 2.05) is 18.4 Å². The average molecular weight is 188 g/mol. The Morgan fingerprint density at radius 1 is 1.82 bits per heavy atom. The van der Waals surface area contributed by atoms with E-state index in [0.717, 1.165) is 17.8 Å². The second-order valence-corrected chi connectivity index (χ2v) is 3.32. The van der Waals surface area contributed by atoms with Crippen molar-refractivity contribution < 1.29 is 0 Å². The van der Waals surface area contributed by atoms with Crippen molar-refractivity contribution in [1.29, 1.82) is 0 Å². The molecule has 1 aromatic rings. The molecule has 0 aliphatic carbocycles. The lowest BCUT2D eigenvalue weighted by molar-refractivity contribution is 1.22. The Labute approximate surface area is 75.7 Å². The van der Waals surface area contributed by atoms with Gasteiger partial charge in [0.1, 0.15) is 0 Å². The zero-order valence-electron chi connectivity index (χ0n) is 6.30. The highest BCUT2D eigenvalue weighted by Crippen LogP contribution is 2.12. The summed E-state index contributed by atoms with van der Waals surface area (Å²) < 4.78 is 0. The summed E-state index contributed by atoms with van der Waals surface area (Å²) in [5.74, 6) is 0. The molecule has 0 fully saturated rings. The van der Waals surface area contributed by atoms with Crippen molar-refractivity contribution >= 4 is 28.6 Å². The van der Waals surface area contributed by atoms with Crippen LogP contribution in [0.5, 0.6) is 0 Å². The van der Waals surface area contributed by atoms with Crippen molar-refractivity contribution in [2.45, 2.75) is 6.92 Å².